The Hall–Kier alpha value is -1.97. The number of rotatable bonds is 5. The highest BCUT2D eigenvalue weighted by Gasteiger charge is 2.15. The van der Waals surface area contributed by atoms with E-state index in [0.29, 0.717) is 5.76 Å². The molecule has 0 amide bonds. The molecule has 2 heterocycles. The van der Waals surface area contributed by atoms with Gasteiger partial charge in [-0.05, 0) is 6.07 Å². The Balaban J connectivity index is 2.14. The molecule has 9 heteroatoms. The molecule has 2 aromatic rings. The number of nitrogens with zero attached hydrogens (tertiary/aromatic N) is 2. The maximum absolute atomic E-state index is 11.9. The molecular weight excluding hydrogens is 258 g/mol. The second kappa shape index (κ2) is 5.12. The van der Waals surface area contributed by atoms with Crippen LogP contribution in [0.4, 0.5) is 5.82 Å². The van der Waals surface area contributed by atoms with E-state index in [1.807, 2.05) is 0 Å². The van der Waals surface area contributed by atoms with Crippen LogP contribution in [0.5, 0.6) is 0 Å². The van der Waals surface area contributed by atoms with Gasteiger partial charge in [0.25, 0.3) is 0 Å². The lowest BCUT2D eigenvalue weighted by atomic mass is 10.5. The van der Waals surface area contributed by atoms with Crippen LogP contribution in [0.25, 0.3) is 0 Å². The van der Waals surface area contributed by atoms with Gasteiger partial charge in [0, 0.05) is 18.3 Å². The zero-order valence-corrected chi connectivity index (χ0v) is 10.0. The first-order valence-corrected chi connectivity index (χ1v) is 6.42. The number of hydrogen-bond acceptors (Lipinski definition) is 7. The second-order valence-electron chi connectivity index (χ2n) is 3.32. The minimum absolute atomic E-state index is 0.0239. The van der Waals surface area contributed by atoms with Crippen LogP contribution < -0.4 is 16.0 Å². The third kappa shape index (κ3) is 2.83. The van der Waals surface area contributed by atoms with Gasteiger partial charge in [-0.3, -0.25) is 0 Å². The van der Waals surface area contributed by atoms with Crippen LogP contribution in [0.2, 0.25) is 0 Å². The van der Waals surface area contributed by atoms with Gasteiger partial charge in [0.15, 0.2) is 5.76 Å². The summed E-state index contributed by atoms with van der Waals surface area (Å²) >= 11 is 0. The number of nitrogens with two attached hydrogens (primary N) is 1. The number of nitrogen functional groups attached to an aromatic ring is 1. The van der Waals surface area contributed by atoms with Crippen molar-refractivity contribution in [1.29, 1.82) is 0 Å². The summed E-state index contributed by atoms with van der Waals surface area (Å²) in [5, 5.41) is 3.48. The Morgan fingerprint density at radius 1 is 1.33 bits per heavy atom. The van der Waals surface area contributed by atoms with Crippen molar-refractivity contribution in [2.24, 2.45) is 5.84 Å². The van der Waals surface area contributed by atoms with Crippen molar-refractivity contribution in [1.82, 2.24) is 14.9 Å². The van der Waals surface area contributed by atoms with Crippen molar-refractivity contribution in [2.45, 2.75) is 11.4 Å². The molecule has 0 spiro atoms. The van der Waals surface area contributed by atoms with E-state index in [9.17, 15) is 8.42 Å². The third-order valence-electron chi connectivity index (χ3n) is 2.12. The predicted octanol–water partition coefficient (Wildman–Crippen LogP) is -0.166. The molecule has 18 heavy (non-hydrogen) atoms. The molecule has 0 aliphatic heterocycles. The van der Waals surface area contributed by atoms with Crippen LogP contribution in [0.15, 0.2) is 40.0 Å². The number of anilines is 1. The third-order valence-corrected chi connectivity index (χ3v) is 3.52. The van der Waals surface area contributed by atoms with Gasteiger partial charge in [0.2, 0.25) is 10.0 Å². The molecule has 0 unspecified atom stereocenters. The van der Waals surface area contributed by atoms with Gasteiger partial charge in [-0.1, -0.05) is 5.16 Å². The molecule has 0 atom stereocenters. The summed E-state index contributed by atoms with van der Waals surface area (Å²) in [5.41, 5.74) is 2.28. The molecule has 8 nitrogen and oxygen atoms in total. The fourth-order valence-electron chi connectivity index (χ4n) is 1.24. The first-order chi connectivity index (χ1) is 8.62. The fraction of sp³-hybridized carbons (Fsp3) is 0.111. The van der Waals surface area contributed by atoms with E-state index in [1.54, 1.807) is 6.07 Å². The molecule has 0 radical (unpaired) electrons. The van der Waals surface area contributed by atoms with Gasteiger partial charge >= 0.3 is 0 Å². The molecular formula is C9H11N5O3S. The zero-order chi connectivity index (χ0) is 13.0. The summed E-state index contributed by atoms with van der Waals surface area (Å²) in [7, 11) is -3.64. The molecule has 2 rings (SSSR count). The maximum Gasteiger partial charge on any atom is 0.241 e. The van der Waals surface area contributed by atoms with Crippen molar-refractivity contribution in [3.63, 3.8) is 0 Å². The standard InChI is InChI=1S/C9H11N5O3S/c10-14-9-5-8(2-3-11-9)18(15,16)13-6-7-1-4-12-17-7/h1-5,13H,6,10H2,(H,11,14). The van der Waals surface area contributed by atoms with Crippen molar-refractivity contribution in [3.8, 4) is 0 Å². The average Bonchev–Trinajstić information content (AvgIpc) is 2.90. The van der Waals surface area contributed by atoms with Gasteiger partial charge in [0.05, 0.1) is 17.6 Å². The molecule has 0 aliphatic rings. The van der Waals surface area contributed by atoms with E-state index < -0.39 is 10.0 Å². The number of pyridine rings is 1. The van der Waals surface area contributed by atoms with E-state index in [-0.39, 0.29) is 17.3 Å². The number of nitrogens with one attached hydrogen (secondary N) is 2. The van der Waals surface area contributed by atoms with Crippen LogP contribution in [0, 0.1) is 0 Å². The molecule has 0 aliphatic carbocycles. The van der Waals surface area contributed by atoms with Gasteiger partial charge in [-0.2, -0.15) is 0 Å². The minimum Gasteiger partial charge on any atom is -0.360 e. The number of aromatic nitrogens is 2. The van der Waals surface area contributed by atoms with Crippen LogP contribution in [0.3, 0.4) is 0 Å². The Morgan fingerprint density at radius 2 is 2.17 bits per heavy atom. The summed E-state index contributed by atoms with van der Waals surface area (Å²) < 4.78 is 31.0. The van der Waals surface area contributed by atoms with Crippen molar-refractivity contribution in [2.75, 3.05) is 5.43 Å². The van der Waals surface area contributed by atoms with Crippen LogP contribution in [-0.2, 0) is 16.6 Å². The van der Waals surface area contributed by atoms with Gasteiger partial charge in [0.1, 0.15) is 5.82 Å². The predicted molar refractivity (Wildman–Crippen MR) is 62.6 cm³/mol. The Kier molecular flexibility index (Phi) is 3.55. The summed E-state index contributed by atoms with van der Waals surface area (Å²) in [4.78, 5) is 3.88. The fourth-order valence-corrected chi connectivity index (χ4v) is 2.25. The summed E-state index contributed by atoms with van der Waals surface area (Å²) in [6, 6.07) is 4.26. The topological polar surface area (TPSA) is 123 Å². The summed E-state index contributed by atoms with van der Waals surface area (Å²) in [5.74, 6) is 5.84. The van der Waals surface area contributed by atoms with E-state index >= 15 is 0 Å². The van der Waals surface area contributed by atoms with Gasteiger partial charge in [-0.25, -0.2) is 24.0 Å². The first kappa shape index (κ1) is 12.5. The minimum atomic E-state index is -3.64. The van der Waals surface area contributed by atoms with E-state index in [0.717, 1.165) is 0 Å². The highest BCUT2D eigenvalue weighted by molar-refractivity contribution is 7.89. The van der Waals surface area contributed by atoms with Crippen molar-refractivity contribution >= 4 is 15.8 Å². The highest BCUT2D eigenvalue weighted by atomic mass is 32.2. The lowest BCUT2D eigenvalue weighted by molar-refractivity contribution is 0.380. The number of sulfonamides is 1. The SMILES string of the molecule is NNc1cc(S(=O)(=O)NCc2ccno2)ccn1. The van der Waals surface area contributed by atoms with E-state index in [2.05, 4.69) is 20.3 Å². The number of hydrogen-bond donors (Lipinski definition) is 3. The Bertz CT molecular complexity index is 611. The summed E-state index contributed by atoms with van der Waals surface area (Å²) in [6.07, 6.45) is 2.78. The first-order valence-electron chi connectivity index (χ1n) is 4.94. The van der Waals surface area contributed by atoms with Crippen molar-refractivity contribution < 1.29 is 12.9 Å². The van der Waals surface area contributed by atoms with E-state index in [4.69, 9.17) is 10.4 Å². The normalized spacial score (nSPS) is 11.4. The molecule has 2 aromatic heterocycles. The largest absolute Gasteiger partial charge is 0.360 e. The zero-order valence-electron chi connectivity index (χ0n) is 9.20. The second-order valence-corrected chi connectivity index (χ2v) is 5.09. The van der Waals surface area contributed by atoms with Crippen molar-refractivity contribution in [3.05, 3.63) is 36.4 Å². The molecule has 0 bridgehead atoms. The quantitative estimate of drug-likeness (QED) is 0.508. The summed E-state index contributed by atoms with van der Waals surface area (Å²) in [6.45, 7) is 0.0239. The Labute approximate surface area is 103 Å². The highest BCUT2D eigenvalue weighted by Crippen LogP contribution is 2.12. The Morgan fingerprint density at radius 3 is 2.83 bits per heavy atom. The monoisotopic (exact) mass is 269 g/mol. The lowest BCUT2D eigenvalue weighted by Crippen LogP contribution is -2.23. The molecule has 96 valence electrons. The molecule has 0 fully saturated rings. The van der Waals surface area contributed by atoms with Gasteiger partial charge < -0.3 is 9.95 Å². The molecule has 0 aromatic carbocycles. The molecule has 0 saturated carbocycles. The smallest absolute Gasteiger partial charge is 0.241 e. The molecule has 4 N–H and O–H groups in total. The van der Waals surface area contributed by atoms with Crippen LogP contribution in [0.1, 0.15) is 5.76 Å². The average molecular weight is 269 g/mol. The number of hydrazine groups is 1. The lowest BCUT2D eigenvalue weighted by Gasteiger charge is -2.06. The van der Waals surface area contributed by atoms with Crippen LogP contribution in [-0.4, -0.2) is 18.6 Å². The van der Waals surface area contributed by atoms with Crippen LogP contribution >= 0.6 is 0 Å². The molecule has 0 saturated heterocycles. The van der Waals surface area contributed by atoms with Gasteiger partial charge in [-0.15, -0.1) is 0 Å². The maximum atomic E-state index is 11.9. The van der Waals surface area contributed by atoms with E-state index in [1.165, 1.54) is 24.5 Å².